The maximum atomic E-state index is 12.4. The number of anilines is 1. The summed E-state index contributed by atoms with van der Waals surface area (Å²) in [6, 6.07) is 3.69. The number of hydrogen-bond donors (Lipinski definition) is 1. The van der Waals surface area contributed by atoms with Gasteiger partial charge in [-0.1, -0.05) is 11.6 Å². The fraction of sp³-hybridized carbons (Fsp3) is 0.357. The SMILES string of the molecule is Cc1c(N2C(=O)[C@H]3[C@H](O)CCN3C2=O)ccc(C#N)c1Cl. The van der Waals surface area contributed by atoms with Gasteiger partial charge in [-0.2, -0.15) is 5.26 Å². The molecule has 1 N–H and O–H groups in total. The van der Waals surface area contributed by atoms with Crippen molar-refractivity contribution in [3.8, 4) is 6.07 Å². The number of hydrogen-bond acceptors (Lipinski definition) is 4. The number of aliphatic hydroxyl groups excluding tert-OH is 1. The van der Waals surface area contributed by atoms with Crippen LogP contribution in [0.15, 0.2) is 12.1 Å². The molecular formula is C14H12ClN3O3. The summed E-state index contributed by atoms with van der Waals surface area (Å²) in [6.07, 6.45) is -0.427. The normalized spacial score (nSPS) is 24.5. The topological polar surface area (TPSA) is 84.6 Å². The van der Waals surface area contributed by atoms with Crippen LogP contribution >= 0.6 is 11.6 Å². The van der Waals surface area contributed by atoms with Crippen molar-refractivity contribution in [3.05, 3.63) is 28.3 Å². The van der Waals surface area contributed by atoms with Crippen molar-refractivity contribution < 1.29 is 14.7 Å². The van der Waals surface area contributed by atoms with E-state index in [1.54, 1.807) is 6.92 Å². The lowest BCUT2D eigenvalue weighted by molar-refractivity contribution is -0.121. The molecule has 2 saturated heterocycles. The third-order valence-electron chi connectivity index (χ3n) is 4.00. The molecule has 3 amide bonds. The molecule has 108 valence electrons. The highest BCUT2D eigenvalue weighted by atomic mass is 35.5. The van der Waals surface area contributed by atoms with E-state index in [0.29, 0.717) is 24.2 Å². The summed E-state index contributed by atoms with van der Waals surface area (Å²) in [6.45, 7) is 2.01. The molecule has 0 spiro atoms. The Morgan fingerprint density at radius 3 is 2.76 bits per heavy atom. The highest BCUT2D eigenvalue weighted by Crippen LogP contribution is 2.36. The minimum atomic E-state index is -0.833. The lowest BCUT2D eigenvalue weighted by Gasteiger charge is -2.18. The van der Waals surface area contributed by atoms with Gasteiger partial charge < -0.3 is 10.0 Å². The molecule has 0 aromatic heterocycles. The Morgan fingerprint density at radius 2 is 2.14 bits per heavy atom. The molecule has 2 heterocycles. The third-order valence-corrected chi connectivity index (χ3v) is 4.48. The molecule has 0 aliphatic carbocycles. The molecule has 2 atom stereocenters. The minimum absolute atomic E-state index is 0.225. The van der Waals surface area contributed by atoms with E-state index in [2.05, 4.69) is 0 Å². The van der Waals surface area contributed by atoms with Crippen LogP contribution in [0.5, 0.6) is 0 Å². The molecule has 1 aromatic carbocycles. The van der Waals surface area contributed by atoms with Gasteiger partial charge in [0.2, 0.25) is 0 Å². The van der Waals surface area contributed by atoms with Crippen molar-refractivity contribution in [1.29, 1.82) is 5.26 Å². The number of benzene rings is 1. The second-order valence-corrected chi connectivity index (χ2v) is 5.51. The molecule has 21 heavy (non-hydrogen) atoms. The minimum Gasteiger partial charge on any atom is -0.390 e. The van der Waals surface area contributed by atoms with Crippen molar-refractivity contribution in [2.45, 2.75) is 25.5 Å². The summed E-state index contributed by atoms with van der Waals surface area (Å²) in [4.78, 5) is 27.2. The van der Waals surface area contributed by atoms with Crippen LogP contribution in [0.2, 0.25) is 5.02 Å². The number of carbonyl (C=O) groups excluding carboxylic acids is 2. The first-order valence-electron chi connectivity index (χ1n) is 6.49. The second-order valence-electron chi connectivity index (χ2n) is 5.13. The van der Waals surface area contributed by atoms with Crippen LogP contribution in [-0.2, 0) is 4.79 Å². The quantitative estimate of drug-likeness (QED) is 0.795. The predicted octanol–water partition coefficient (Wildman–Crippen LogP) is 1.42. The Labute approximate surface area is 126 Å². The number of nitrogens with zero attached hydrogens (tertiary/aromatic N) is 3. The van der Waals surface area contributed by atoms with Crippen LogP contribution in [0.1, 0.15) is 17.5 Å². The van der Waals surface area contributed by atoms with Crippen LogP contribution in [0.4, 0.5) is 10.5 Å². The van der Waals surface area contributed by atoms with Gasteiger partial charge in [0.25, 0.3) is 5.91 Å². The lowest BCUT2D eigenvalue weighted by Crippen LogP contribution is -2.36. The maximum Gasteiger partial charge on any atom is 0.332 e. The fourth-order valence-corrected chi connectivity index (χ4v) is 3.07. The van der Waals surface area contributed by atoms with E-state index in [4.69, 9.17) is 16.9 Å². The van der Waals surface area contributed by atoms with E-state index in [1.165, 1.54) is 17.0 Å². The van der Waals surface area contributed by atoms with E-state index in [9.17, 15) is 14.7 Å². The number of nitriles is 1. The highest BCUT2D eigenvalue weighted by molar-refractivity contribution is 6.33. The molecule has 2 aliphatic heterocycles. The van der Waals surface area contributed by atoms with Gasteiger partial charge in [0, 0.05) is 6.54 Å². The van der Waals surface area contributed by atoms with Crippen LogP contribution in [0.25, 0.3) is 0 Å². The van der Waals surface area contributed by atoms with Gasteiger partial charge >= 0.3 is 6.03 Å². The van der Waals surface area contributed by atoms with E-state index >= 15 is 0 Å². The molecule has 0 radical (unpaired) electrons. The summed E-state index contributed by atoms with van der Waals surface area (Å²) in [5, 5.41) is 19.0. The highest BCUT2D eigenvalue weighted by Gasteiger charge is 2.52. The van der Waals surface area contributed by atoms with Gasteiger partial charge in [-0.05, 0) is 31.0 Å². The smallest absolute Gasteiger partial charge is 0.332 e. The molecule has 0 unspecified atom stereocenters. The molecule has 2 fully saturated rings. The zero-order chi connectivity index (χ0) is 15.3. The Kier molecular flexibility index (Phi) is 3.12. The van der Waals surface area contributed by atoms with Gasteiger partial charge in [-0.15, -0.1) is 0 Å². The number of carbonyl (C=O) groups is 2. The zero-order valence-electron chi connectivity index (χ0n) is 11.2. The number of rotatable bonds is 1. The van der Waals surface area contributed by atoms with Crippen molar-refractivity contribution in [1.82, 2.24) is 4.90 Å². The summed E-state index contributed by atoms with van der Waals surface area (Å²) < 4.78 is 0. The predicted molar refractivity (Wildman–Crippen MR) is 74.9 cm³/mol. The van der Waals surface area contributed by atoms with E-state index in [-0.39, 0.29) is 10.6 Å². The summed E-state index contributed by atoms with van der Waals surface area (Å²) in [5.41, 5.74) is 1.14. The van der Waals surface area contributed by atoms with E-state index in [0.717, 1.165) is 4.90 Å². The number of halogens is 1. The Hall–Kier alpha value is -2.10. The number of imide groups is 1. The van der Waals surface area contributed by atoms with Gasteiger partial charge in [0.15, 0.2) is 0 Å². The number of urea groups is 1. The fourth-order valence-electron chi connectivity index (χ4n) is 2.87. The van der Waals surface area contributed by atoms with Crippen LogP contribution < -0.4 is 4.90 Å². The summed E-state index contributed by atoms with van der Waals surface area (Å²) in [5.74, 6) is -0.450. The lowest BCUT2D eigenvalue weighted by atomic mass is 10.1. The van der Waals surface area contributed by atoms with Crippen molar-refractivity contribution >= 4 is 29.2 Å². The number of aliphatic hydroxyl groups is 1. The van der Waals surface area contributed by atoms with Crippen molar-refractivity contribution in [2.24, 2.45) is 0 Å². The van der Waals surface area contributed by atoms with Gasteiger partial charge in [-0.25, -0.2) is 9.69 Å². The van der Waals surface area contributed by atoms with Gasteiger partial charge in [0.05, 0.1) is 22.4 Å². The molecule has 7 heteroatoms. The number of fused-ring (bicyclic) bond motifs is 1. The molecule has 3 rings (SSSR count). The largest absolute Gasteiger partial charge is 0.390 e. The van der Waals surface area contributed by atoms with Crippen molar-refractivity contribution in [3.63, 3.8) is 0 Å². The molecule has 0 bridgehead atoms. The van der Waals surface area contributed by atoms with Gasteiger partial charge in [0.1, 0.15) is 12.1 Å². The average Bonchev–Trinajstić information content (AvgIpc) is 2.95. The Morgan fingerprint density at radius 1 is 1.43 bits per heavy atom. The first-order valence-corrected chi connectivity index (χ1v) is 6.87. The first-order chi connectivity index (χ1) is 9.97. The zero-order valence-corrected chi connectivity index (χ0v) is 12.0. The standard InChI is InChI=1S/C14H12ClN3O3/c1-7-9(3-2-8(6-16)11(7)15)18-13(20)12-10(19)4-5-17(12)14(18)21/h2-3,10,12,19H,4-5H2,1H3/t10-,12-/m1/s1. The Balaban J connectivity index is 2.07. The molecule has 2 aliphatic rings. The molecule has 6 nitrogen and oxygen atoms in total. The monoisotopic (exact) mass is 305 g/mol. The number of amides is 3. The van der Waals surface area contributed by atoms with E-state index in [1.807, 2.05) is 6.07 Å². The maximum absolute atomic E-state index is 12.4. The van der Waals surface area contributed by atoms with Crippen molar-refractivity contribution in [2.75, 3.05) is 11.4 Å². The average molecular weight is 306 g/mol. The summed E-state index contributed by atoms with van der Waals surface area (Å²) in [7, 11) is 0. The molecule has 1 aromatic rings. The van der Waals surface area contributed by atoms with Crippen LogP contribution in [0, 0.1) is 18.3 Å². The second kappa shape index (κ2) is 4.72. The Bertz CT molecular complexity index is 697. The molecule has 0 saturated carbocycles. The summed E-state index contributed by atoms with van der Waals surface area (Å²) >= 11 is 6.09. The first kappa shape index (κ1) is 13.9. The van der Waals surface area contributed by atoms with Crippen LogP contribution in [-0.4, -0.2) is 40.6 Å². The van der Waals surface area contributed by atoms with Crippen LogP contribution in [0.3, 0.4) is 0 Å². The van der Waals surface area contributed by atoms with Gasteiger partial charge in [-0.3, -0.25) is 4.79 Å². The van der Waals surface area contributed by atoms with E-state index < -0.39 is 24.1 Å². The third kappa shape index (κ3) is 1.82. The molecular weight excluding hydrogens is 294 g/mol.